The van der Waals surface area contributed by atoms with Crippen LogP contribution in [-0.4, -0.2) is 16.7 Å². The van der Waals surface area contributed by atoms with Crippen molar-refractivity contribution in [3.8, 4) is 5.75 Å². The summed E-state index contributed by atoms with van der Waals surface area (Å²) in [5.41, 5.74) is -0.347. The molecule has 1 aromatic carbocycles. The third kappa shape index (κ3) is 3.24. The molecule has 1 aromatic rings. The lowest BCUT2D eigenvalue weighted by Gasteiger charge is -2.21. The second-order valence-electron chi connectivity index (χ2n) is 4.08. The predicted molar refractivity (Wildman–Crippen MR) is 59.5 cm³/mol. The molecule has 4 nitrogen and oxygen atoms in total. The van der Waals surface area contributed by atoms with Crippen LogP contribution in [0.1, 0.15) is 37.6 Å². The lowest BCUT2D eigenvalue weighted by molar-refractivity contribution is -0.281. The molecule has 0 saturated carbocycles. The Kier molecular flexibility index (Phi) is 3.90. The fourth-order valence-corrected chi connectivity index (χ4v) is 0.933. The van der Waals surface area contributed by atoms with Gasteiger partial charge in [0.1, 0.15) is 11.2 Å². The maximum absolute atomic E-state index is 10.9. The molecule has 0 spiro atoms. The average molecular weight is 224 g/mol. The molecule has 0 atom stereocenters. The number of para-hydroxylation sites is 1. The molecule has 0 unspecified atom stereocenters. The maximum Gasteiger partial charge on any atom is 0.339 e. The molecule has 0 amide bonds. The number of aromatic carboxylic acids is 1. The zero-order valence-corrected chi connectivity index (χ0v) is 9.69. The summed E-state index contributed by atoms with van der Waals surface area (Å²) in [6.45, 7) is 5.71. The van der Waals surface area contributed by atoms with Gasteiger partial charge in [-0.25, -0.2) is 4.79 Å². The van der Waals surface area contributed by atoms with E-state index in [1.807, 2.05) is 20.8 Å². The molecule has 16 heavy (non-hydrogen) atoms. The summed E-state index contributed by atoms with van der Waals surface area (Å²) in [5, 5.41) is 8.92. The first-order valence-electron chi connectivity index (χ1n) is 5.14. The monoisotopic (exact) mass is 224 g/mol. The van der Waals surface area contributed by atoms with Gasteiger partial charge in [-0.3, -0.25) is 0 Å². The Morgan fingerprint density at radius 2 is 2.00 bits per heavy atom. The highest BCUT2D eigenvalue weighted by atomic mass is 17.2. The van der Waals surface area contributed by atoms with E-state index in [1.54, 1.807) is 18.2 Å². The van der Waals surface area contributed by atoms with Gasteiger partial charge in [-0.15, -0.1) is 0 Å². The third-order valence-corrected chi connectivity index (χ3v) is 2.33. The number of hydrogen-bond acceptors (Lipinski definition) is 3. The van der Waals surface area contributed by atoms with Gasteiger partial charge in [0.2, 0.25) is 0 Å². The SMILES string of the molecule is CCC(C)(C)OOc1ccccc1C(=O)O. The van der Waals surface area contributed by atoms with Crippen molar-refractivity contribution in [3.63, 3.8) is 0 Å². The van der Waals surface area contributed by atoms with E-state index in [0.717, 1.165) is 6.42 Å². The second-order valence-corrected chi connectivity index (χ2v) is 4.08. The van der Waals surface area contributed by atoms with Crippen LogP contribution in [0.5, 0.6) is 5.75 Å². The van der Waals surface area contributed by atoms with Crippen LogP contribution in [0.25, 0.3) is 0 Å². The fourth-order valence-electron chi connectivity index (χ4n) is 0.933. The molecule has 88 valence electrons. The van der Waals surface area contributed by atoms with Gasteiger partial charge in [-0.1, -0.05) is 19.1 Å². The number of carboxylic acid groups (broad SMARTS) is 1. The molecule has 0 aliphatic rings. The van der Waals surface area contributed by atoms with Crippen molar-refractivity contribution >= 4 is 5.97 Å². The van der Waals surface area contributed by atoms with E-state index in [0.29, 0.717) is 0 Å². The first kappa shape index (κ1) is 12.5. The van der Waals surface area contributed by atoms with Crippen LogP contribution in [0.4, 0.5) is 0 Å². The van der Waals surface area contributed by atoms with Crippen molar-refractivity contribution < 1.29 is 19.7 Å². The Balaban J connectivity index is 2.78. The number of carbonyl (C=O) groups is 1. The normalized spacial score (nSPS) is 11.2. The van der Waals surface area contributed by atoms with Crippen LogP contribution in [-0.2, 0) is 4.89 Å². The first-order chi connectivity index (χ1) is 7.46. The summed E-state index contributed by atoms with van der Waals surface area (Å²) in [6.07, 6.45) is 0.766. The molecular weight excluding hydrogens is 208 g/mol. The molecule has 0 bridgehead atoms. The molecule has 0 radical (unpaired) electrons. The predicted octanol–water partition coefficient (Wildman–Crippen LogP) is 2.88. The van der Waals surface area contributed by atoms with Gasteiger partial charge >= 0.3 is 5.97 Å². The Morgan fingerprint density at radius 3 is 2.56 bits per heavy atom. The molecule has 1 N–H and O–H groups in total. The molecule has 1 rings (SSSR count). The quantitative estimate of drug-likeness (QED) is 0.617. The number of carboxylic acids is 1. The zero-order valence-electron chi connectivity index (χ0n) is 9.69. The van der Waals surface area contributed by atoms with Crippen molar-refractivity contribution in [1.29, 1.82) is 0 Å². The Bertz CT molecular complexity index is 371. The zero-order chi connectivity index (χ0) is 12.2. The third-order valence-electron chi connectivity index (χ3n) is 2.33. The molecular formula is C12H16O4. The average Bonchev–Trinajstić information content (AvgIpc) is 2.27. The van der Waals surface area contributed by atoms with E-state index in [1.165, 1.54) is 6.07 Å². The number of hydrogen-bond donors (Lipinski definition) is 1. The van der Waals surface area contributed by atoms with Crippen LogP contribution in [0, 0.1) is 0 Å². The van der Waals surface area contributed by atoms with Crippen molar-refractivity contribution in [2.75, 3.05) is 0 Å². The van der Waals surface area contributed by atoms with E-state index >= 15 is 0 Å². The van der Waals surface area contributed by atoms with Gasteiger partial charge in [-0.2, -0.15) is 4.89 Å². The minimum Gasteiger partial charge on any atom is -0.478 e. The van der Waals surface area contributed by atoms with Crippen LogP contribution in [0.15, 0.2) is 24.3 Å². The minimum absolute atomic E-state index is 0.0920. The van der Waals surface area contributed by atoms with E-state index in [2.05, 4.69) is 0 Å². The molecule has 0 aliphatic carbocycles. The number of rotatable bonds is 5. The van der Waals surface area contributed by atoms with Gasteiger partial charge < -0.3 is 9.99 Å². The van der Waals surface area contributed by atoms with Crippen LogP contribution in [0.2, 0.25) is 0 Å². The standard InChI is InChI=1S/C12H16O4/c1-4-12(2,3)16-15-10-8-6-5-7-9(10)11(13)14/h5-8H,4H2,1-3H3,(H,13,14). The summed E-state index contributed by atoms with van der Waals surface area (Å²) in [4.78, 5) is 21.1. The largest absolute Gasteiger partial charge is 0.478 e. The van der Waals surface area contributed by atoms with Crippen LogP contribution < -0.4 is 4.89 Å². The maximum atomic E-state index is 10.9. The molecule has 4 heteroatoms. The van der Waals surface area contributed by atoms with Crippen molar-refractivity contribution in [3.05, 3.63) is 29.8 Å². The Labute approximate surface area is 94.7 Å². The smallest absolute Gasteiger partial charge is 0.339 e. The number of benzene rings is 1. The molecule has 0 fully saturated rings. The summed E-state index contributed by atoms with van der Waals surface area (Å²) in [6, 6.07) is 6.38. The van der Waals surface area contributed by atoms with Crippen molar-refractivity contribution in [2.24, 2.45) is 0 Å². The molecule has 0 heterocycles. The molecule has 0 saturated heterocycles. The van der Waals surface area contributed by atoms with Crippen molar-refractivity contribution in [2.45, 2.75) is 32.8 Å². The van der Waals surface area contributed by atoms with Gasteiger partial charge in [0, 0.05) is 0 Å². The lowest BCUT2D eigenvalue weighted by Crippen LogP contribution is -2.25. The Hall–Kier alpha value is -1.55. The Morgan fingerprint density at radius 1 is 1.38 bits per heavy atom. The van der Waals surface area contributed by atoms with Crippen LogP contribution >= 0.6 is 0 Å². The molecule has 0 aromatic heterocycles. The summed E-state index contributed by atoms with van der Waals surface area (Å²) < 4.78 is 0. The highest BCUT2D eigenvalue weighted by Gasteiger charge is 2.19. The second kappa shape index (κ2) is 4.99. The summed E-state index contributed by atoms with van der Waals surface area (Å²) in [5.74, 6) is -0.815. The summed E-state index contributed by atoms with van der Waals surface area (Å²) >= 11 is 0. The summed E-state index contributed by atoms with van der Waals surface area (Å²) in [7, 11) is 0. The van der Waals surface area contributed by atoms with Gasteiger partial charge in [0.15, 0.2) is 5.75 Å². The highest BCUT2D eigenvalue weighted by molar-refractivity contribution is 5.90. The van der Waals surface area contributed by atoms with Gasteiger partial charge in [-0.05, 0) is 32.4 Å². The van der Waals surface area contributed by atoms with E-state index in [4.69, 9.17) is 14.9 Å². The highest BCUT2D eigenvalue weighted by Crippen LogP contribution is 2.21. The first-order valence-corrected chi connectivity index (χ1v) is 5.14. The van der Waals surface area contributed by atoms with Gasteiger partial charge in [0.05, 0.1) is 0 Å². The van der Waals surface area contributed by atoms with Gasteiger partial charge in [0.25, 0.3) is 0 Å². The molecule has 0 aliphatic heterocycles. The van der Waals surface area contributed by atoms with E-state index in [-0.39, 0.29) is 11.3 Å². The lowest BCUT2D eigenvalue weighted by atomic mass is 10.1. The fraction of sp³-hybridized carbons (Fsp3) is 0.417. The topological polar surface area (TPSA) is 55.8 Å². The van der Waals surface area contributed by atoms with E-state index in [9.17, 15) is 4.79 Å². The van der Waals surface area contributed by atoms with Crippen LogP contribution in [0.3, 0.4) is 0 Å². The van der Waals surface area contributed by atoms with Crippen molar-refractivity contribution in [1.82, 2.24) is 0 Å². The van der Waals surface area contributed by atoms with E-state index < -0.39 is 11.6 Å². The minimum atomic E-state index is -1.03.